The van der Waals surface area contributed by atoms with Gasteiger partial charge < -0.3 is 14.8 Å². The summed E-state index contributed by atoms with van der Waals surface area (Å²) in [7, 11) is 1.43. The van der Waals surface area contributed by atoms with Gasteiger partial charge in [0.15, 0.2) is 0 Å². The number of nitrogens with zero attached hydrogens (tertiary/aromatic N) is 2. The number of hydrogen-bond acceptors (Lipinski definition) is 6. The fourth-order valence-electron chi connectivity index (χ4n) is 2.44. The highest BCUT2D eigenvalue weighted by Gasteiger charge is 2.32. The number of benzene rings is 1. The van der Waals surface area contributed by atoms with E-state index < -0.39 is 4.92 Å². The van der Waals surface area contributed by atoms with Gasteiger partial charge in [-0.3, -0.25) is 19.8 Å². The van der Waals surface area contributed by atoms with Crippen molar-refractivity contribution < 1.29 is 19.2 Å². The van der Waals surface area contributed by atoms with E-state index in [4.69, 9.17) is 9.47 Å². The Morgan fingerprint density at radius 3 is 2.87 bits per heavy atom. The largest absolute Gasteiger partial charge is 0.496 e. The van der Waals surface area contributed by atoms with Gasteiger partial charge in [0.1, 0.15) is 11.4 Å². The summed E-state index contributed by atoms with van der Waals surface area (Å²) in [5.74, 6) is 0.0669. The predicted octanol–water partition coefficient (Wildman–Crippen LogP) is 1.65. The molecule has 1 amide bonds. The molecule has 126 valence electrons. The van der Waals surface area contributed by atoms with Gasteiger partial charge in [0.25, 0.3) is 5.69 Å². The van der Waals surface area contributed by atoms with E-state index >= 15 is 0 Å². The van der Waals surface area contributed by atoms with Gasteiger partial charge in [-0.05, 0) is 26.0 Å². The molecule has 1 aliphatic rings. The number of nitro benzene ring substituents is 1. The Kier molecular flexibility index (Phi) is 5.17. The molecular formula is C15H21N3O5. The third kappa shape index (κ3) is 4.17. The van der Waals surface area contributed by atoms with Crippen LogP contribution in [0, 0.1) is 10.1 Å². The second-order valence-corrected chi connectivity index (χ2v) is 5.97. The first-order valence-electron chi connectivity index (χ1n) is 7.28. The zero-order valence-electron chi connectivity index (χ0n) is 13.5. The summed E-state index contributed by atoms with van der Waals surface area (Å²) in [5.41, 5.74) is -0.285. The van der Waals surface area contributed by atoms with Crippen molar-refractivity contribution in [3.8, 4) is 5.75 Å². The van der Waals surface area contributed by atoms with Crippen LogP contribution in [0.15, 0.2) is 18.2 Å². The molecule has 0 atom stereocenters. The number of carbonyl (C=O) groups is 1. The summed E-state index contributed by atoms with van der Waals surface area (Å²) in [4.78, 5) is 24.8. The molecule has 2 rings (SSSR count). The number of morpholine rings is 1. The first-order chi connectivity index (χ1) is 10.8. The molecule has 0 aliphatic carbocycles. The SMILES string of the molecule is COc1ccc(NC(=O)CN2CCOCC2(C)C)c([N+](=O)[O-])c1. The Labute approximate surface area is 134 Å². The topological polar surface area (TPSA) is 93.9 Å². The Morgan fingerprint density at radius 1 is 1.52 bits per heavy atom. The van der Waals surface area contributed by atoms with Crippen molar-refractivity contribution in [2.24, 2.45) is 0 Å². The van der Waals surface area contributed by atoms with Gasteiger partial charge in [-0.25, -0.2) is 0 Å². The molecule has 0 radical (unpaired) electrons. The summed E-state index contributed by atoms with van der Waals surface area (Å²) >= 11 is 0. The molecule has 1 aliphatic heterocycles. The number of hydrogen-bond donors (Lipinski definition) is 1. The van der Waals surface area contributed by atoms with Crippen molar-refractivity contribution in [1.82, 2.24) is 4.90 Å². The number of ether oxygens (including phenoxy) is 2. The lowest BCUT2D eigenvalue weighted by Gasteiger charge is -2.41. The van der Waals surface area contributed by atoms with Crippen LogP contribution in [0.5, 0.6) is 5.75 Å². The second-order valence-electron chi connectivity index (χ2n) is 5.97. The van der Waals surface area contributed by atoms with Crippen LogP contribution in [0.4, 0.5) is 11.4 Å². The summed E-state index contributed by atoms with van der Waals surface area (Å²) in [5, 5.41) is 13.7. The molecule has 1 aromatic rings. The van der Waals surface area contributed by atoms with Crippen molar-refractivity contribution in [1.29, 1.82) is 0 Å². The van der Waals surface area contributed by atoms with Crippen molar-refractivity contribution in [2.45, 2.75) is 19.4 Å². The van der Waals surface area contributed by atoms with Crippen LogP contribution in [0.2, 0.25) is 0 Å². The van der Waals surface area contributed by atoms with Crippen LogP contribution >= 0.6 is 0 Å². The number of rotatable bonds is 5. The lowest BCUT2D eigenvalue weighted by molar-refractivity contribution is -0.384. The Hall–Kier alpha value is -2.19. The minimum atomic E-state index is -0.545. The van der Waals surface area contributed by atoms with E-state index in [0.717, 1.165) is 0 Å². The molecule has 1 aromatic carbocycles. The molecule has 0 bridgehead atoms. The highest BCUT2D eigenvalue weighted by atomic mass is 16.6. The monoisotopic (exact) mass is 323 g/mol. The average molecular weight is 323 g/mol. The average Bonchev–Trinajstić information content (AvgIpc) is 2.49. The number of carbonyl (C=O) groups excluding carboxylic acids is 1. The Morgan fingerprint density at radius 2 is 2.26 bits per heavy atom. The first kappa shape index (κ1) is 17.2. The van der Waals surface area contributed by atoms with E-state index in [1.54, 1.807) is 6.07 Å². The standard InChI is InChI=1S/C15H21N3O5/c1-15(2)10-23-7-6-17(15)9-14(19)16-12-5-4-11(22-3)8-13(12)18(20)21/h4-5,8H,6-7,9-10H2,1-3H3,(H,16,19). The zero-order valence-corrected chi connectivity index (χ0v) is 13.5. The molecule has 8 heteroatoms. The van der Waals surface area contributed by atoms with Gasteiger partial charge >= 0.3 is 0 Å². The first-order valence-corrected chi connectivity index (χ1v) is 7.28. The molecule has 0 spiro atoms. The van der Waals surface area contributed by atoms with Gasteiger partial charge in [0, 0.05) is 12.1 Å². The lowest BCUT2D eigenvalue weighted by atomic mass is 10.0. The van der Waals surface area contributed by atoms with Gasteiger partial charge in [0.05, 0.1) is 37.9 Å². The summed E-state index contributed by atoms with van der Waals surface area (Å²) in [6, 6.07) is 4.33. The van der Waals surface area contributed by atoms with E-state index in [9.17, 15) is 14.9 Å². The fraction of sp³-hybridized carbons (Fsp3) is 0.533. The van der Waals surface area contributed by atoms with Crippen LogP contribution in [0.25, 0.3) is 0 Å². The number of nitro groups is 1. The molecule has 0 aromatic heterocycles. The van der Waals surface area contributed by atoms with E-state index in [1.165, 1.54) is 19.2 Å². The van der Waals surface area contributed by atoms with Gasteiger partial charge in [-0.2, -0.15) is 0 Å². The third-order valence-electron chi connectivity index (χ3n) is 3.83. The number of methoxy groups -OCH3 is 1. The maximum absolute atomic E-state index is 12.3. The Balaban J connectivity index is 2.09. The molecule has 1 fully saturated rings. The number of anilines is 1. The van der Waals surface area contributed by atoms with E-state index in [-0.39, 0.29) is 29.4 Å². The maximum Gasteiger partial charge on any atom is 0.296 e. The third-order valence-corrected chi connectivity index (χ3v) is 3.83. The summed E-state index contributed by atoms with van der Waals surface area (Å²) in [6.45, 7) is 5.90. The van der Waals surface area contributed by atoms with Crippen molar-refractivity contribution in [2.75, 3.05) is 38.7 Å². The van der Waals surface area contributed by atoms with Crippen molar-refractivity contribution >= 4 is 17.3 Å². The highest BCUT2D eigenvalue weighted by Crippen LogP contribution is 2.29. The molecule has 23 heavy (non-hydrogen) atoms. The van der Waals surface area contributed by atoms with Crippen molar-refractivity contribution in [3.63, 3.8) is 0 Å². The normalized spacial score (nSPS) is 17.5. The van der Waals surface area contributed by atoms with Crippen LogP contribution in [0.1, 0.15) is 13.8 Å². The summed E-state index contributed by atoms with van der Waals surface area (Å²) in [6.07, 6.45) is 0. The molecule has 1 saturated heterocycles. The van der Waals surface area contributed by atoms with Crippen LogP contribution < -0.4 is 10.1 Å². The molecule has 1 N–H and O–H groups in total. The molecule has 0 saturated carbocycles. The van der Waals surface area contributed by atoms with E-state index in [1.807, 2.05) is 18.7 Å². The Bertz CT molecular complexity index is 603. The fourth-order valence-corrected chi connectivity index (χ4v) is 2.44. The number of amides is 1. The van der Waals surface area contributed by atoms with Crippen LogP contribution in [0.3, 0.4) is 0 Å². The maximum atomic E-state index is 12.3. The van der Waals surface area contributed by atoms with Gasteiger partial charge in [0.2, 0.25) is 5.91 Å². The highest BCUT2D eigenvalue weighted by molar-refractivity contribution is 5.94. The molecule has 1 heterocycles. The zero-order chi connectivity index (χ0) is 17.0. The second kappa shape index (κ2) is 6.93. The van der Waals surface area contributed by atoms with Gasteiger partial charge in [-0.1, -0.05) is 0 Å². The molecule has 0 unspecified atom stereocenters. The van der Waals surface area contributed by atoms with Crippen molar-refractivity contribution in [3.05, 3.63) is 28.3 Å². The van der Waals surface area contributed by atoms with E-state index in [0.29, 0.717) is 25.5 Å². The lowest BCUT2D eigenvalue weighted by Crippen LogP contribution is -2.55. The van der Waals surface area contributed by atoms with Crippen LogP contribution in [-0.4, -0.2) is 54.7 Å². The smallest absolute Gasteiger partial charge is 0.296 e. The number of nitrogens with one attached hydrogen (secondary N) is 1. The summed E-state index contributed by atoms with van der Waals surface area (Å²) < 4.78 is 10.4. The minimum Gasteiger partial charge on any atom is -0.496 e. The van der Waals surface area contributed by atoms with Crippen LogP contribution in [-0.2, 0) is 9.53 Å². The predicted molar refractivity (Wildman–Crippen MR) is 84.7 cm³/mol. The molecular weight excluding hydrogens is 302 g/mol. The van der Waals surface area contributed by atoms with E-state index in [2.05, 4.69) is 5.32 Å². The molecule has 8 nitrogen and oxygen atoms in total. The van der Waals surface area contributed by atoms with Gasteiger partial charge in [-0.15, -0.1) is 0 Å². The minimum absolute atomic E-state index is 0.152. The quantitative estimate of drug-likeness (QED) is 0.654.